The summed E-state index contributed by atoms with van der Waals surface area (Å²) < 4.78 is 0. The molecule has 0 aliphatic heterocycles. The number of carbonyl (C=O) groups excluding carboxylic acids is 1. The second kappa shape index (κ2) is 5.10. The lowest BCUT2D eigenvalue weighted by atomic mass is 10.1. The van der Waals surface area contributed by atoms with E-state index in [4.69, 9.17) is 0 Å². The quantitative estimate of drug-likeness (QED) is 0.834. The number of aromatic nitrogens is 1. The Morgan fingerprint density at radius 3 is 2.65 bits per heavy atom. The summed E-state index contributed by atoms with van der Waals surface area (Å²) in [6, 6.07) is 9.74. The van der Waals surface area contributed by atoms with Crippen molar-refractivity contribution in [1.29, 1.82) is 0 Å². The Hall–Kier alpha value is -1.68. The zero-order valence-corrected chi connectivity index (χ0v) is 10.7. The molecule has 0 aliphatic rings. The van der Waals surface area contributed by atoms with E-state index in [-0.39, 0.29) is 5.91 Å². The number of likely N-dealkylation sites (N-methyl/N-ethyl adjacent to an activating group) is 1. The minimum atomic E-state index is 0.0607. The summed E-state index contributed by atoms with van der Waals surface area (Å²) in [5.41, 5.74) is 1.97. The van der Waals surface area contributed by atoms with Gasteiger partial charge in [-0.05, 0) is 12.5 Å². The Morgan fingerprint density at radius 1 is 1.35 bits per heavy atom. The number of anilines is 1. The highest BCUT2D eigenvalue weighted by molar-refractivity contribution is 7.14. The topological polar surface area (TPSA) is 33.2 Å². The van der Waals surface area contributed by atoms with Gasteiger partial charge in [-0.1, -0.05) is 30.3 Å². The van der Waals surface area contributed by atoms with Crippen LogP contribution in [0.4, 0.5) is 5.13 Å². The molecule has 4 heteroatoms. The number of hydrogen-bond acceptors (Lipinski definition) is 3. The third-order valence-corrected chi connectivity index (χ3v) is 3.50. The van der Waals surface area contributed by atoms with Crippen LogP contribution in [0.15, 0.2) is 35.7 Å². The van der Waals surface area contributed by atoms with Crippen molar-refractivity contribution in [2.45, 2.75) is 13.3 Å². The van der Waals surface area contributed by atoms with Gasteiger partial charge >= 0.3 is 0 Å². The maximum atomic E-state index is 12.0. The molecule has 88 valence electrons. The maximum absolute atomic E-state index is 12.0. The standard InChI is InChI=1S/C13H14N2OS/c1-10-9-17-13(14-10)15(2)12(16)8-11-6-4-3-5-7-11/h3-7,9H,8H2,1-2H3. The minimum absolute atomic E-state index is 0.0607. The van der Waals surface area contributed by atoms with Gasteiger partial charge in [-0.15, -0.1) is 11.3 Å². The number of benzene rings is 1. The van der Waals surface area contributed by atoms with E-state index in [9.17, 15) is 4.79 Å². The zero-order chi connectivity index (χ0) is 12.3. The number of rotatable bonds is 3. The van der Waals surface area contributed by atoms with Crippen LogP contribution in [0, 0.1) is 6.92 Å². The summed E-state index contributed by atoms with van der Waals surface area (Å²) in [4.78, 5) is 17.9. The third kappa shape index (κ3) is 2.91. The summed E-state index contributed by atoms with van der Waals surface area (Å²) in [5, 5.41) is 2.70. The molecule has 0 saturated heterocycles. The van der Waals surface area contributed by atoms with Crippen molar-refractivity contribution in [3.05, 3.63) is 47.0 Å². The van der Waals surface area contributed by atoms with Gasteiger partial charge in [0, 0.05) is 12.4 Å². The predicted molar refractivity (Wildman–Crippen MR) is 70.4 cm³/mol. The smallest absolute Gasteiger partial charge is 0.232 e. The second-order valence-electron chi connectivity index (χ2n) is 3.89. The fraction of sp³-hybridized carbons (Fsp3) is 0.231. The summed E-state index contributed by atoms with van der Waals surface area (Å²) >= 11 is 1.49. The van der Waals surface area contributed by atoms with E-state index in [1.165, 1.54) is 11.3 Å². The lowest BCUT2D eigenvalue weighted by Crippen LogP contribution is -2.27. The highest BCUT2D eigenvalue weighted by atomic mass is 32.1. The van der Waals surface area contributed by atoms with Crippen LogP contribution in [0.25, 0.3) is 0 Å². The molecule has 0 fully saturated rings. The second-order valence-corrected chi connectivity index (χ2v) is 4.72. The molecule has 0 unspecified atom stereocenters. The fourth-order valence-electron chi connectivity index (χ4n) is 1.49. The summed E-state index contributed by atoms with van der Waals surface area (Å²) in [6.07, 6.45) is 0.413. The van der Waals surface area contributed by atoms with Crippen LogP contribution in [0.2, 0.25) is 0 Å². The highest BCUT2D eigenvalue weighted by Crippen LogP contribution is 2.19. The Labute approximate surface area is 105 Å². The molecular formula is C13H14N2OS. The molecule has 17 heavy (non-hydrogen) atoms. The van der Waals surface area contributed by atoms with Gasteiger partial charge in [0.25, 0.3) is 0 Å². The van der Waals surface area contributed by atoms with Crippen LogP contribution in [0.5, 0.6) is 0 Å². The SMILES string of the molecule is Cc1csc(N(C)C(=O)Cc2ccccc2)n1. The number of thiazole rings is 1. The van der Waals surface area contributed by atoms with E-state index < -0.39 is 0 Å². The van der Waals surface area contributed by atoms with E-state index in [0.29, 0.717) is 6.42 Å². The first kappa shape index (κ1) is 11.8. The van der Waals surface area contributed by atoms with E-state index in [2.05, 4.69) is 4.98 Å². The molecule has 0 bridgehead atoms. The van der Waals surface area contributed by atoms with Gasteiger partial charge in [0.1, 0.15) is 0 Å². The van der Waals surface area contributed by atoms with Crippen LogP contribution >= 0.6 is 11.3 Å². The van der Waals surface area contributed by atoms with E-state index in [1.807, 2.05) is 42.6 Å². The summed E-state index contributed by atoms with van der Waals surface area (Å²) in [6.45, 7) is 1.93. The molecular weight excluding hydrogens is 232 g/mol. The molecule has 3 nitrogen and oxygen atoms in total. The van der Waals surface area contributed by atoms with E-state index >= 15 is 0 Å². The lowest BCUT2D eigenvalue weighted by molar-refractivity contribution is -0.117. The molecule has 1 aromatic heterocycles. The van der Waals surface area contributed by atoms with Crippen LogP contribution in [-0.2, 0) is 11.2 Å². The van der Waals surface area contributed by atoms with Gasteiger partial charge in [0.05, 0.1) is 12.1 Å². The number of aryl methyl sites for hydroxylation is 1. The predicted octanol–water partition coefficient (Wildman–Crippen LogP) is 2.66. The molecule has 0 radical (unpaired) electrons. The van der Waals surface area contributed by atoms with Crippen LogP contribution in [0.1, 0.15) is 11.3 Å². The monoisotopic (exact) mass is 246 g/mol. The average molecular weight is 246 g/mol. The molecule has 1 heterocycles. The first-order valence-electron chi connectivity index (χ1n) is 5.39. The van der Waals surface area contributed by atoms with Crippen LogP contribution in [0.3, 0.4) is 0 Å². The lowest BCUT2D eigenvalue weighted by Gasteiger charge is -2.13. The molecule has 2 aromatic rings. The Bertz CT molecular complexity index is 507. The zero-order valence-electron chi connectivity index (χ0n) is 9.88. The molecule has 0 spiro atoms. The number of carbonyl (C=O) groups is 1. The molecule has 0 N–H and O–H groups in total. The van der Waals surface area contributed by atoms with Gasteiger partial charge in [-0.25, -0.2) is 4.98 Å². The van der Waals surface area contributed by atoms with Crippen molar-refractivity contribution in [3.8, 4) is 0 Å². The van der Waals surface area contributed by atoms with Crippen LogP contribution in [-0.4, -0.2) is 17.9 Å². The maximum Gasteiger partial charge on any atom is 0.232 e. The molecule has 0 atom stereocenters. The molecule has 2 rings (SSSR count). The van der Waals surface area contributed by atoms with Crippen molar-refractivity contribution in [2.24, 2.45) is 0 Å². The Kier molecular flexibility index (Phi) is 3.54. The summed E-state index contributed by atoms with van der Waals surface area (Å²) in [5.74, 6) is 0.0607. The van der Waals surface area contributed by atoms with Crippen molar-refractivity contribution in [1.82, 2.24) is 4.98 Å². The van der Waals surface area contributed by atoms with E-state index in [0.717, 1.165) is 16.4 Å². The van der Waals surface area contributed by atoms with Crippen molar-refractivity contribution in [3.63, 3.8) is 0 Å². The third-order valence-electron chi connectivity index (χ3n) is 2.47. The molecule has 1 amide bonds. The van der Waals surface area contributed by atoms with Gasteiger partial charge < -0.3 is 0 Å². The molecule has 0 aliphatic carbocycles. The van der Waals surface area contributed by atoms with Crippen LogP contribution < -0.4 is 4.90 Å². The Morgan fingerprint density at radius 2 is 2.06 bits per heavy atom. The van der Waals surface area contributed by atoms with Gasteiger partial charge in [0.15, 0.2) is 5.13 Å². The van der Waals surface area contributed by atoms with Gasteiger partial charge in [0.2, 0.25) is 5.91 Å². The first-order valence-corrected chi connectivity index (χ1v) is 6.27. The average Bonchev–Trinajstić information content (AvgIpc) is 2.76. The largest absolute Gasteiger partial charge is 0.291 e. The van der Waals surface area contributed by atoms with Gasteiger partial charge in [-0.2, -0.15) is 0 Å². The number of amides is 1. The first-order chi connectivity index (χ1) is 8.16. The van der Waals surface area contributed by atoms with Crippen molar-refractivity contribution >= 4 is 22.4 Å². The van der Waals surface area contributed by atoms with Gasteiger partial charge in [-0.3, -0.25) is 9.69 Å². The minimum Gasteiger partial charge on any atom is -0.291 e. The van der Waals surface area contributed by atoms with E-state index in [1.54, 1.807) is 11.9 Å². The number of hydrogen-bond donors (Lipinski definition) is 0. The van der Waals surface area contributed by atoms with Crippen molar-refractivity contribution in [2.75, 3.05) is 11.9 Å². The normalized spacial score (nSPS) is 10.2. The number of nitrogens with zero attached hydrogens (tertiary/aromatic N) is 2. The Balaban J connectivity index is 2.06. The summed E-state index contributed by atoms with van der Waals surface area (Å²) in [7, 11) is 1.77. The van der Waals surface area contributed by atoms with Crippen molar-refractivity contribution < 1.29 is 4.79 Å². The molecule has 0 saturated carbocycles. The fourth-order valence-corrected chi connectivity index (χ4v) is 2.28. The highest BCUT2D eigenvalue weighted by Gasteiger charge is 2.13. The molecule has 1 aromatic carbocycles.